The summed E-state index contributed by atoms with van der Waals surface area (Å²) in [4.78, 5) is 60.8. The Bertz CT molecular complexity index is 2270. The lowest BCUT2D eigenvalue weighted by atomic mass is 9.89. The quantitative estimate of drug-likeness (QED) is 0.0332. The van der Waals surface area contributed by atoms with E-state index in [4.69, 9.17) is 23.7 Å². The lowest BCUT2D eigenvalue weighted by molar-refractivity contribution is -0.927. The maximum absolute atomic E-state index is 12.4. The average molecular weight is 1400 g/mol. The van der Waals surface area contributed by atoms with Crippen LogP contribution in [0.3, 0.4) is 0 Å². The summed E-state index contributed by atoms with van der Waals surface area (Å²) in [7, 11) is 6.35. The molecule has 0 aromatic rings. The number of likely N-dealkylation sites (N-methyl/N-ethyl adjacent to an activating group) is 5. The Morgan fingerprint density at radius 3 is 0.768 bits per heavy atom. The molecule has 0 spiro atoms. The molecule has 0 saturated heterocycles. The first-order valence-corrected chi connectivity index (χ1v) is 42.6. The molecule has 9 rings (SSSR count). The lowest BCUT2D eigenvalue weighted by Crippen LogP contribution is -2.51. The number of quaternary nitrogens is 5. The fourth-order valence-electron chi connectivity index (χ4n) is 20.3. The van der Waals surface area contributed by atoms with Gasteiger partial charge in [-0.2, -0.15) is 0 Å². The van der Waals surface area contributed by atoms with Gasteiger partial charge in [0.1, 0.15) is 65.8 Å². The highest BCUT2D eigenvalue weighted by Crippen LogP contribution is 2.51. The number of ether oxygens (including phenoxy) is 5. The van der Waals surface area contributed by atoms with Gasteiger partial charge in [0.15, 0.2) is 0 Å². The van der Waals surface area contributed by atoms with Gasteiger partial charge in [-0.05, 0) is 217 Å². The number of nitrogens with zero attached hydrogens (tertiary/aromatic N) is 5. The smallest absolute Gasteiger partial charge is 0.309 e. The number of hydrogen-bond acceptors (Lipinski definition) is 10. The highest BCUT2D eigenvalue weighted by Gasteiger charge is 2.47. The number of carbonyl (C=O) groups excluding carboxylic acids is 5. The van der Waals surface area contributed by atoms with Crippen LogP contribution < -0.4 is 0 Å². The third kappa shape index (κ3) is 27.9. The van der Waals surface area contributed by atoms with Gasteiger partial charge >= 0.3 is 29.8 Å². The van der Waals surface area contributed by atoms with E-state index in [1.807, 2.05) is 0 Å². The van der Waals surface area contributed by atoms with Gasteiger partial charge < -0.3 is 46.1 Å². The first kappa shape index (κ1) is 86.8. The molecule has 15 heteroatoms. The molecular formula is C84H160N5O10+5. The van der Waals surface area contributed by atoms with Gasteiger partial charge in [-0.3, -0.25) is 24.0 Å². The zero-order chi connectivity index (χ0) is 72.5. The van der Waals surface area contributed by atoms with E-state index in [0.29, 0.717) is 56.7 Å². The van der Waals surface area contributed by atoms with Gasteiger partial charge in [0, 0.05) is 0 Å². The summed E-state index contributed by atoms with van der Waals surface area (Å²) in [6.45, 7) is 48.9. The van der Waals surface area contributed by atoms with Crippen LogP contribution in [0.15, 0.2) is 0 Å². The molecule has 0 aromatic carbocycles. The highest BCUT2D eigenvalue weighted by atomic mass is 16.5. The molecule has 9 aliphatic rings. The predicted octanol–water partition coefficient (Wildman–Crippen LogP) is 16.3. The first-order valence-electron chi connectivity index (χ1n) is 42.6. The topological polar surface area (TPSA) is 132 Å². The van der Waals surface area contributed by atoms with Crippen molar-refractivity contribution < 1.29 is 70.1 Å². The maximum atomic E-state index is 12.4. The number of unbranched alkanes of at least 4 members (excludes halogenated alkanes) is 2. The van der Waals surface area contributed by atoms with Crippen molar-refractivity contribution in [3.05, 3.63) is 0 Å². The molecule has 0 aliphatic heterocycles. The van der Waals surface area contributed by atoms with Gasteiger partial charge in [0.2, 0.25) is 0 Å². The second-order valence-corrected chi connectivity index (χ2v) is 34.5. The van der Waals surface area contributed by atoms with Gasteiger partial charge in [-0.25, -0.2) is 0 Å². The number of rotatable bonds is 40. The molecule has 9 fully saturated rings. The van der Waals surface area contributed by atoms with Crippen LogP contribution >= 0.6 is 0 Å². The van der Waals surface area contributed by atoms with Crippen molar-refractivity contribution in [1.82, 2.24) is 0 Å². The van der Waals surface area contributed by atoms with Crippen molar-refractivity contribution in [2.75, 3.05) is 165 Å². The number of carbonyl (C=O) groups is 5. The minimum Gasteiger partial charge on any atom is -0.459 e. The zero-order valence-corrected chi connectivity index (χ0v) is 67.4. The third-order valence-electron chi connectivity index (χ3n) is 27.1. The Morgan fingerprint density at radius 2 is 0.535 bits per heavy atom. The van der Waals surface area contributed by atoms with Gasteiger partial charge in [0.25, 0.3) is 0 Å². The van der Waals surface area contributed by atoms with Gasteiger partial charge in [0.05, 0.1) is 129 Å². The summed E-state index contributed by atoms with van der Waals surface area (Å²) in [5, 5.41) is 0. The van der Waals surface area contributed by atoms with E-state index in [-0.39, 0.29) is 59.4 Å². The molecule has 0 radical (unpaired) electrons. The van der Waals surface area contributed by atoms with E-state index in [2.05, 4.69) is 104 Å². The normalized spacial score (nSPS) is 27.6. The molecule has 0 amide bonds. The molecule has 0 aromatic heterocycles. The summed E-state index contributed by atoms with van der Waals surface area (Å²) >= 11 is 0. The Hall–Kier alpha value is -2.85. The molecule has 9 saturated carbocycles. The minimum atomic E-state index is 0.0656. The van der Waals surface area contributed by atoms with Crippen molar-refractivity contribution in [2.24, 2.45) is 76.9 Å². The molecule has 8 bridgehead atoms. The molecule has 0 heterocycles. The maximum Gasteiger partial charge on any atom is 0.309 e. The summed E-state index contributed by atoms with van der Waals surface area (Å²) in [6, 6.07) is 0. The second kappa shape index (κ2) is 44.8. The van der Waals surface area contributed by atoms with Crippen LogP contribution in [0.1, 0.15) is 269 Å². The van der Waals surface area contributed by atoms with E-state index in [0.717, 1.165) is 157 Å². The number of fused-ring (bicyclic) bond motifs is 8. The second-order valence-electron chi connectivity index (χ2n) is 34.5. The Labute approximate surface area is 608 Å². The molecule has 576 valence electrons. The van der Waals surface area contributed by atoms with E-state index < -0.39 is 0 Å². The van der Waals surface area contributed by atoms with Crippen LogP contribution in [0.4, 0.5) is 0 Å². The molecule has 14 unspecified atom stereocenters. The average Bonchev–Trinajstić information content (AvgIpc) is 1.70. The van der Waals surface area contributed by atoms with Crippen LogP contribution in [0.25, 0.3) is 0 Å². The van der Waals surface area contributed by atoms with Crippen LogP contribution in [0.5, 0.6) is 0 Å². The molecule has 14 atom stereocenters. The zero-order valence-electron chi connectivity index (χ0n) is 67.4. The summed E-state index contributed by atoms with van der Waals surface area (Å²) < 4.78 is 33.2. The number of esters is 5. The summed E-state index contributed by atoms with van der Waals surface area (Å²) in [6.07, 6.45) is 35.5. The van der Waals surface area contributed by atoms with Crippen molar-refractivity contribution in [1.29, 1.82) is 0 Å². The summed E-state index contributed by atoms with van der Waals surface area (Å²) in [5.74, 6) is 7.36. The Balaban J connectivity index is 0.000000224. The van der Waals surface area contributed by atoms with E-state index in [9.17, 15) is 24.0 Å². The minimum absolute atomic E-state index is 0.0656. The number of hydrogen-bond donors (Lipinski definition) is 0. The Kier molecular flexibility index (Phi) is 39.3. The fourth-order valence-corrected chi connectivity index (χ4v) is 20.3. The van der Waals surface area contributed by atoms with Crippen LogP contribution in [0.2, 0.25) is 0 Å². The van der Waals surface area contributed by atoms with E-state index in [1.165, 1.54) is 187 Å². The first-order chi connectivity index (χ1) is 47.5. The molecule has 99 heavy (non-hydrogen) atoms. The molecule has 0 N–H and O–H groups in total. The standard InChI is InChI=1S/C19H36NO2.C18H34NO2.C18H36NO2.C16H30NO2.C13H24NO2/c1-4-7-11-20(6-3,10-5-2)12-13-22-19(21)18-15-16-8-9-17(18)14-16;1-4-9-19(6-3,10-5-2)11-12-21-18(20)17-14-15-7-8-16(17)13-15;1-4-7-14-19(6-3,13-5-2)15-16-21-18(20)17-11-9-8-10-12-17;1-4-17(5-2,6-3)9-10-19-16(18)15-12-13-7-8-14(15)11-13;1-14(2,3)6-7-16-13(15)12-9-10-4-5-11(12)8-10/h16-18H,4-15H2,1-3H3;15-17H,4-14H2,1-3H3;17H,4-16H2,1-3H3;13-15H,4-12H2,1-3H3;10-12H,4-9H2,1-3H3/q5*+1. The van der Waals surface area contributed by atoms with Crippen LogP contribution in [0, 0.1) is 76.9 Å². The van der Waals surface area contributed by atoms with Crippen molar-refractivity contribution >= 4 is 29.8 Å². The van der Waals surface area contributed by atoms with Crippen molar-refractivity contribution in [2.45, 2.75) is 269 Å². The lowest BCUT2D eigenvalue weighted by Gasteiger charge is -2.37. The van der Waals surface area contributed by atoms with E-state index in [1.54, 1.807) is 0 Å². The van der Waals surface area contributed by atoms with E-state index >= 15 is 0 Å². The van der Waals surface area contributed by atoms with Gasteiger partial charge in [-0.1, -0.05) is 99.3 Å². The predicted molar refractivity (Wildman–Crippen MR) is 404 cm³/mol. The summed E-state index contributed by atoms with van der Waals surface area (Å²) in [5.41, 5.74) is 0. The van der Waals surface area contributed by atoms with Crippen molar-refractivity contribution in [3.8, 4) is 0 Å². The highest BCUT2D eigenvalue weighted by molar-refractivity contribution is 5.75. The molecular weight excluding hydrogens is 1240 g/mol. The van der Waals surface area contributed by atoms with Crippen LogP contribution in [-0.2, 0) is 47.7 Å². The van der Waals surface area contributed by atoms with Crippen LogP contribution in [-0.4, -0.2) is 218 Å². The van der Waals surface area contributed by atoms with Crippen molar-refractivity contribution in [3.63, 3.8) is 0 Å². The molecule has 15 nitrogen and oxygen atoms in total. The fraction of sp³-hybridized carbons (Fsp3) is 0.940. The monoisotopic (exact) mass is 1400 g/mol. The largest absolute Gasteiger partial charge is 0.459 e. The Morgan fingerprint density at radius 1 is 0.273 bits per heavy atom. The third-order valence-corrected chi connectivity index (χ3v) is 27.1. The van der Waals surface area contributed by atoms with Gasteiger partial charge in [-0.15, -0.1) is 0 Å². The molecule has 9 aliphatic carbocycles. The SMILES string of the molecule is CCCC[N+](CC)(CCC)CCOC(=O)C1CC2CCC1C2.CCCC[N+](CC)(CCC)CCOC(=O)C1CCCCC1.CCC[N+](CC)(CCC)CCOC(=O)C1CC2CCC1C2.CC[N+](CC)(CC)CCOC(=O)C1CC2CCC1C2.C[N+](C)(C)CCOC(=O)C1CC2CCC1C2.